The Balaban J connectivity index is 1.47. The van der Waals surface area contributed by atoms with Gasteiger partial charge in [-0.1, -0.05) is 116 Å². The zero-order valence-corrected chi connectivity index (χ0v) is 21.9. The molecule has 0 saturated carbocycles. The van der Waals surface area contributed by atoms with Gasteiger partial charge < -0.3 is 4.57 Å². The van der Waals surface area contributed by atoms with E-state index in [1.54, 1.807) is 0 Å². The summed E-state index contributed by atoms with van der Waals surface area (Å²) in [6.07, 6.45) is 6.29. The minimum absolute atomic E-state index is 0.311. The average molecular weight is 498 g/mol. The van der Waals surface area contributed by atoms with Crippen LogP contribution in [0.2, 0.25) is 0 Å². The summed E-state index contributed by atoms with van der Waals surface area (Å²) in [4.78, 5) is 0. The van der Waals surface area contributed by atoms with Crippen LogP contribution >= 0.6 is 0 Å². The fourth-order valence-corrected chi connectivity index (χ4v) is 7.33. The molecular formula is C38H27N. The number of para-hydroxylation sites is 1. The van der Waals surface area contributed by atoms with Gasteiger partial charge >= 0.3 is 0 Å². The number of hydrogen-bond acceptors (Lipinski definition) is 0. The van der Waals surface area contributed by atoms with Gasteiger partial charge in [0.2, 0.25) is 0 Å². The van der Waals surface area contributed by atoms with Gasteiger partial charge in [0.05, 0.1) is 16.6 Å². The Morgan fingerprint density at radius 3 is 1.77 bits per heavy atom. The third-order valence-corrected chi connectivity index (χ3v) is 8.72. The zero-order chi connectivity index (χ0) is 26.1. The SMILES string of the molecule is C=Cc1c(/C=C\C)n(-c2ccc3c(c2)-c2ccccc2C32c3ccccc3-c3ccccc32)c2ccccc12. The molecule has 0 N–H and O–H groups in total. The van der Waals surface area contributed by atoms with E-state index in [0.717, 1.165) is 11.4 Å². The van der Waals surface area contributed by atoms with Crippen molar-refractivity contribution < 1.29 is 0 Å². The Kier molecular flexibility index (Phi) is 4.57. The average Bonchev–Trinajstić information content (AvgIpc) is 3.58. The van der Waals surface area contributed by atoms with Crippen molar-refractivity contribution in [3.8, 4) is 27.9 Å². The van der Waals surface area contributed by atoms with Gasteiger partial charge in [0.25, 0.3) is 0 Å². The highest BCUT2D eigenvalue weighted by Crippen LogP contribution is 2.62. The lowest BCUT2D eigenvalue weighted by Gasteiger charge is -2.30. The number of hydrogen-bond donors (Lipinski definition) is 0. The van der Waals surface area contributed by atoms with E-state index in [1.807, 2.05) is 6.08 Å². The normalized spacial score (nSPS) is 14.0. The lowest BCUT2D eigenvalue weighted by Crippen LogP contribution is -2.25. The highest BCUT2D eigenvalue weighted by Gasteiger charge is 2.51. The topological polar surface area (TPSA) is 4.93 Å². The molecule has 1 heteroatoms. The number of benzene rings is 5. The second kappa shape index (κ2) is 8.06. The molecule has 8 rings (SSSR count). The van der Waals surface area contributed by atoms with Gasteiger partial charge in [-0.15, -0.1) is 0 Å². The molecule has 0 atom stereocenters. The van der Waals surface area contributed by atoms with Crippen LogP contribution in [0.15, 0.2) is 128 Å². The molecule has 0 radical (unpaired) electrons. The first-order valence-electron chi connectivity index (χ1n) is 13.6. The van der Waals surface area contributed by atoms with E-state index in [0.29, 0.717) is 0 Å². The first kappa shape index (κ1) is 22.1. The molecule has 0 amide bonds. The minimum Gasteiger partial charge on any atom is -0.309 e. The summed E-state index contributed by atoms with van der Waals surface area (Å²) in [6, 6.07) is 42.6. The van der Waals surface area contributed by atoms with Gasteiger partial charge in [-0.3, -0.25) is 0 Å². The standard InChI is InChI=1S/C38H27N/c1-3-13-36-26(4-2)30-17-8-12-21-37(30)39(36)25-22-23-35-31(24-25)29-16-7-11-20-34(29)38(35)32-18-9-5-14-27(32)28-15-6-10-19-33(28)38/h3-24H,2H2,1H3/b13-3-. The molecular weight excluding hydrogens is 470 g/mol. The minimum atomic E-state index is -0.311. The van der Waals surface area contributed by atoms with Gasteiger partial charge in [-0.25, -0.2) is 0 Å². The monoisotopic (exact) mass is 497 g/mol. The van der Waals surface area contributed by atoms with Crippen molar-refractivity contribution in [1.29, 1.82) is 0 Å². The Morgan fingerprint density at radius 2 is 1.15 bits per heavy atom. The molecule has 0 bridgehead atoms. The van der Waals surface area contributed by atoms with Gasteiger partial charge in [0, 0.05) is 16.6 Å². The Labute approximate surface area is 229 Å². The van der Waals surface area contributed by atoms with Gasteiger partial charge in [0.15, 0.2) is 0 Å². The molecule has 0 aliphatic heterocycles. The number of nitrogens with zero attached hydrogens (tertiary/aromatic N) is 1. The van der Waals surface area contributed by atoms with Crippen molar-refractivity contribution in [3.63, 3.8) is 0 Å². The molecule has 6 aromatic rings. The molecule has 0 saturated heterocycles. The maximum Gasteiger partial charge on any atom is 0.0725 e. The number of rotatable bonds is 3. The number of aromatic nitrogens is 1. The molecule has 0 fully saturated rings. The van der Waals surface area contributed by atoms with Crippen LogP contribution in [0.3, 0.4) is 0 Å². The Morgan fingerprint density at radius 1 is 0.615 bits per heavy atom. The highest BCUT2D eigenvalue weighted by molar-refractivity contribution is 5.97. The van der Waals surface area contributed by atoms with Gasteiger partial charge in [0.1, 0.15) is 0 Å². The number of allylic oxidation sites excluding steroid dienone is 1. The van der Waals surface area contributed by atoms with Crippen molar-refractivity contribution in [2.45, 2.75) is 12.3 Å². The molecule has 184 valence electrons. The van der Waals surface area contributed by atoms with Crippen molar-refractivity contribution in [3.05, 3.63) is 161 Å². The molecule has 1 aromatic heterocycles. The van der Waals surface area contributed by atoms with E-state index in [1.165, 1.54) is 61.0 Å². The third kappa shape index (κ3) is 2.69. The molecule has 2 aliphatic carbocycles. The summed E-state index contributed by atoms with van der Waals surface area (Å²) < 4.78 is 2.39. The lowest BCUT2D eigenvalue weighted by molar-refractivity contribution is 0.793. The number of fused-ring (bicyclic) bond motifs is 11. The van der Waals surface area contributed by atoms with Crippen LogP contribution in [-0.4, -0.2) is 4.57 Å². The Hall–Kier alpha value is -4.88. The van der Waals surface area contributed by atoms with E-state index < -0.39 is 0 Å². The summed E-state index contributed by atoms with van der Waals surface area (Å²) >= 11 is 0. The summed E-state index contributed by atoms with van der Waals surface area (Å²) in [5, 5.41) is 1.22. The zero-order valence-electron chi connectivity index (χ0n) is 21.9. The molecule has 1 nitrogen and oxygen atoms in total. The van der Waals surface area contributed by atoms with E-state index in [4.69, 9.17) is 0 Å². The summed E-state index contributed by atoms with van der Waals surface area (Å²) in [6.45, 7) is 6.24. The lowest BCUT2D eigenvalue weighted by atomic mass is 9.70. The first-order chi connectivity index (χ1) is 19.3. The van der Waals surface area contributed by atoms with Crippen LogP contribution in [0.25, 0.3) is 51.0 Å². The van der Waals surface area contributed by atoms with Crippen molar-refractivity contribution in [2.24, 2.45) is 0 Å². The summed E-state index contributed by atoms with van der Waals surface area (Å²) in [7, 11) is 0. The maximum absolute atomic E-state index is 4.16. The van der Waals surface area contributed by atoms with Crippen LogP contribution in [0.1, 0.15) is 40.4 Å². The second-order valence-electron chi connectivity index (χ2n) is 10.5. The van der Waals surface area contributed by atoms with Crippen LogP contribution in [0, 0.1) is 0 Å². The molecule has 2 aliphatic rings. The van der Waals surface area contributed by atoms with Crippen LogP contribution in [0.5, 0.6) is 0 Å². The fraction of sp³-hybridized carbons (Fsp3) is 0.0526. The van der Waals surface area contributed by atoms with Crippen LogP contribution in [-0.2, 0) is 5.41 Å². The molecule has 0 unspecified atom stereocenters. The predicted octanol–water partition coefficient (Wildman–Crippen LogP) is 9.65. The van der Waals surface area contributed by atoms with Crippen molar-refractivity contribution in [1.82, 2.24) is 4.57 Å². The van der Waals surface area contributed by atoms with Gasteiger partial charge in [-0.2, -0.15) is 0 Å². The second-order valence-corrected chi connectivity index (χ2v) is 10.5. The Bertz CT molecular complexity index is 1950. The fourth-order valence-electron chi connectivity index (χ4n) is 7.33. The molecule has 1 heterocycles. The van der Waals surface area contributed by atoms with Crippen LogP contribution < -0.4 is 0 Å². The predicted molar refractivity (Wildman–Crippen MR) is 164 cm³/mol. The van der Waals surface area contributed by atoms with Gasteiger partial charge in [-0.05, 0) is 75.7 Å². The maximum atomic E-state index is 4.16. The summed E-state index contributed by atoms with van der Waals surface area (Å²) in [5.74, 6) is 0. The van der Waals surface area contributed by atoms with Crippen LogP contribution in [0.4, 0.5) is 0 Å². The quantitative estimate of drug-likeness (QED) is 0.229. The molecule has 1 spiro atoms. The van der Waals surface area contributed by atoms with E-state index >= 15 is 0 Å². The molecule has 39 heavy (non-hydrogen) atoms. The largest absolute Gasteiger partial charge is 0.309 e. The van der Waals surface area contributed by atoms with E-state index in [9.17, 15) is 0 Å². The summed E-state index contributed by atoms with van der Waals surface area (Å²) in [5.41, 5.74) is 15.1. The smallest absolute Gasteiger partial charge is 0.0725 e. The molecule has 5 aromatic carbocycles. The van der Waals surface area contributed by atoms with E-state index in [-0.39, 0.29) is 5.41 Å². The van der Waals surface area contributed by atoms with Crippen molar-refractivity contribution in [2.75, 3.05) is 0 Å². The third-order valence-electron chi connectivity index (χ3n) is 8.72. The highest BCUT2D eigenvalue weighted by atomic mass is 15.0. The van der Waals surface area contributed by atoms with E-state index in [2.05, 4.69) is 145 Å². The first-order valence-corrected chi connectivity index (χ1v) is 13.6. The van der Waals surface area contributed by atoms with Crippen molar-refractivity contribution >= 4 is 23.1 Å².